The van der Waals surface area contributed by atoms with Gasteiger partial charge < -0.3 is 9.72 Å². The molecule has 2 aromatic rings. The van der Waals surface area contributed by atoms with Crippen LogP contribution in [0, 0.1) is 5.82 Å². The van der Waals surface area contributed by atoms with E-state index in [4.69, 9.17) is 4.74 Å². The predicted octanol–water partition coefficient (Wildman–Crippen LogP) is 3.76. The average molecular weight is 312 g/mol. The third kappa shape index (κ3) is 2.61. The van der Waals surface area contributed by atoms with Crippen molar-refractivity contribution in [1.29, 1.82) is 0 Å². The molecule has 94 valence electrons. The number of aromatic amines is 1. The molecule has 0 aliphatic heterocycles. The first-order chi connectivity index (χ1) is 8.61. The van der Waals surface area contributed by atoms with Gasteiger partial charge in [0.05, 0.1) is 16.6 Å². The van der Waals surface area contributed by atoms with Crippen LogP contribution in [0.2, 0.25) is 0 Å². The highest BCUT2D eigenvalue weighted by molar-refractivity contribution is 9.10. The van der Waals surface area contributed by atoms with E-state index in [0.29, 0.717) is 16.6 Å². The number of nitrogens with one attached hydrogen (secondary N) is 1. The van der Waals surface area contributed by atoms with Gasteiger partial charge in [0.2, 0.25) is 0 Å². The minimum Gasteiger partial charge on any atom is -0.462 e. The molecule has 0 spiro atoms. The van der Waals surface area contributed by atoms with E-state index < -0.39 is 0 Å². The first-order valence-electron chi connectivity index (χ1n) is 5.42. The highest BCUT2D eigenvalue weighted by Crippen LogP contribution is 2.25. The predicted molar refractivity (Wildman–Crippen MR) is 69.8 cm³/mol. The zero-order valence-corrected chi connectivity index (χ0v) is 11.3. The van der Waals surface area contributed by atoms with E-state index in [9.17, 15) is 9.18 Å². The van der Waals surface area contributed by atoms with Gasteiger partial charge in [-0.05, 0) is 52.7 Å². The molecule has 1 aromatic heterocycles. The Labute approximate surface area is 112 Å². The molecule has 0 fully saturated rings. The SMILES string of the molecule is CCOC(=O)c1c[nH]c(-c2ccc(F)c(Br)c2)c1. The number of rotatable bonds is 3. The maximum atomic E-state index is 13.1. The Bertz CT molecular complexity index is 580. The lowest BCUT2D eigenvalue weighted by atomic mass is 10.1. The molecule has 3 nitrogen and oxygen atoms in total. The van der Waals surface area contributed by atoms with Crippen LogP contribution in [0.3, 0.4) is 0 Å². The Morgan fingerprint density at radius 1 is 1.44 bits per heavy atom. The largest absolute Gasteiger partial charge is 0.462 e. The molecule has 5 heteroatoms. The zero-order valence-electron chi connectivity index (χ0n) is 9.67. The Kier molecular flexibility index (Phi) is 3.81. The van der Waals surface area contributed by atoms with E-state index in [1.165, 1.54) is 6.07 Å². The number of ether oxygens (including phenoxy) is 1. The van der Waals surface area contributed by atoms with E-state index in [-0.39, 0.29) is 11.8 Å². The molecule has 0 unspecified atom stereocenters. The number of hydrogen-bond donors (Lipinski definition) is 1. The summed E-state index contributed by atoms with van der Waals surface area (Å²) in [7, 11) is 0. The molecule has 0 saturated heterocycles. The summed E-state index contributed by atoms with van der Waals surface area (Å²) >= 11 is 3.12. The van der Waals surface area contributed by atoms with Crippen molar-refractivity contribution >= 4 is 21.9 Å². The molecule has 0 atom stereocenters. The second-order valence-corrected chi connectivity index (χ2v) is 4.51. The van der Waals surface area contributed by atoms with Crippen molar-refractivity contribution in [2.24, 2.45) is 0 Å². The first kappa shape index (κ1) is 12.8. The van der Waals surface area contributed by atoms with E-state index in [1.54, 1.807) is 31.3 Å². The highest BCUT2D eigenvalue weighted by atomic mass is 79.9. The molecule has 1 aromatic carbocycles. The number of carbonyl (C=O) groups excluding carboxylic acids is 1. The van der Waals surface area contributed by atoms with Crippen molar-refractivity contribution < 1.29 is 13.9 Å². The Morgan fingerprint density at radius 2 is 2.22 bits per heavy atom. The summed E-state index contributed by atoms with van der Waals surface area (Å²) < 4.78 is 18.4. The number of carbonyl (C=O) groups is 1. The van der Waals surface area contributed by atoms with Gasteiger partial charge in [-0.3, -0.25) is 0 Å². The number of hydrogen-bond acceptors (Lipinski definition) is 2. The fourth-order valence-electron chi connectivity index (χ4n) is 1.56. The van der Waals surface area contributed by atoms with Gasteiger partial charge in [-0.1, -0.05) is 0 Å². The van der Waals surface area contributed by atoms with Crippen LogP contribution >= 0.6 is 15.9 Å². The van der Waals surface area contributed by atoms with E-state index >= 15 is 0 Å². The van der Waals surface area contributed by atoms with Crippen LogP contribution < -0.4 is 0 Å². The molecule has 0 saturated carbocycles. The fraction of sp³-hybridized carbons (Fsp3) is 0.154. The van der Waals surface area contributed by atoms with E-state index in [0.717, 1.165) is 11.3 Å². The zero-order chi connectivity index (χ0) is 13.1. The summed E-state index contributed by atoms with van der Waals surface area (Å²) in [6.45, 7) is 2.09. The number of H-pyrrole nitrogens is 1. The Balaban J connectivity index is 2.29. The summed E-state index contributed by atoms with van der Waals surface area (Å²) in [6.07, 6.45) is 1.57. The molecule has 0 bridgehead atoms. The molecule has 0 radical (unpaired) electrons. The molecule has 0 aliphatic carbocycles. The van der Waals surface area contributed by atoms with E-state index in [2.05, 4.69) is 20.9 Å². The van der Waals surface area contributed by atoms with Crippen LogP contribution in [0.4, 0.5) is 4.39 Å². The minimum absolute atomic E-state index is 0.323. The maximum Gasteiger partial charge on any atom is 0.339 e. The maximum absolute atomic E-state index is 13.1. The first-order valence-corrected chi connectivity index (χ1v) is 6.22. The molecule has 0 aliphatic rings. The van der Waals surface area contributed by atoms with E-state index in [1.807, 2.05) is 0 Å². The lowest BCUT2D eigenvalue weighted by Crippen LogP contribution is -2.02. The quantitative estimate of drug-likeness (QED) is 0.877. The fourth-order valence-corrected chi connectivity index (χ4v) is 1.94. The lowest BCUT2D eigenvalue weighted by molar-refractivity contribution is 0.0526. The molecule has 1 heterocycles. The van der Waals surface area contributed by atoms with Crippen molar-refractivity contribution in [1.82, 2.24) is 4.98 Å². The van der Waals surface area contributed by atoms with Crippen molar-refractivity contribution in [2.75, 3.05) is 6.61 Å². The second kappa shape index (κ2) is 5.35. The van der Waals surface area contributed by atoms with Crippen LogP contribution in [0.15, 0.2) is 34.9 Å². The van der Waals surface area contributed by atoms with Gasteiger partial charge in [-0.15, -0.1) is 0 Å². The Morgan fingerprint density at radius 3 is 2.89 bits per heavy atom. The normalized spacial score (nSPS) is 10.4. The topological polar surface area (TPSA) is 42.1 Å². The summed E-state index contributed by atoms with van der Waals surface area (Å²) in [5.74, 6) is -0.697. The number of benzene rings is 1. The lowest BCUT2D eigenvalue weighted by Gasteiger charge is -2.00. The Hall–Kier alpha value is -1.62. The van der Waals surface area contributed by atoms with Gasteiger partial charge >= 0.3 is 5.97 Å². The van der Waals surface area contributed by atoms with Crippen LogP contribution in [0.25, 0.3) is 11.3 Å². The number of halogens is 2. The van der Waals surface area contributed by atoms with Gasteiger partial charge in [0, 0.05) is 11.9 Å². The van der Waals surface area contributed by atoms with Gasteiger partial charge in [-0.2, -0.15) is 0 Å². The van der Waals surface area contributed by atoms with Crippen LogP contribution in [0.1, 0.15) is 17.3 Å². The minimum atomic E-state index is -0.374. The standard InChI is InChI=1S/C13H11BrFNO2/c1-2-18-13(17)9-6-12(16-7-9)8-3-4-11(15)10(14)5-8/h3-7,16H,2H2,1H3. The smallest absolute Gasteiger partial charge is 0.339 e. The van der Waals surface area contributed by atoms with Crippen molar-refractivity contribution in [3.8, 4) is 11.3 Å². The summed E-state index contributed by atoms with van der Waals surface area (Å²) in [6, 6.07) is 6.33. The summed E-state index contributed by atoms with van der Waals surface area (Å²) in [5, 5.41) is 0. The van der Waals surface area contributed by atoms with Crippen molar-refractivity contribution in [3.05, 3.63) is 46.3 Å². The number of aromatic nitrogens is 1. The van der Waals surface area contributed by atoms with Crippen LogP contribution in [-0.4, -0.2) is 17.6 Å². The molecule has 2 rings (SSSR count). The average Bonchev–Trinajstić information content (AvgIpc) is 2.82. The van der Waals surface area contributed by atoms with Crippen LogP contribution in [0.5, 0.6) is 0 Å². The summed E-state index contributed by atoms with van der Waals surface area (Å²) in [4.78, 5) is 14.5. The molecule has 18 heavy (non-hydrogen) atoms. The molecule has 0 amide bonds. The molecular formula is C13H11BrFNO2. The van der Waals surface area contributed by atoms with Gasteiger partial charge in [0.25, 0.3) is 0 Å². The second-order valence-electron chi connectivity index (χ2n) is 3.65. The number of esters is 1. The van der Waals surface area contributed by atoms with Crippen molar-refractivity contribution in [2.45, 2.75) is 6.92 Å². The molecular weight excluding hydrogens is 301 g/mol. The van der Waals surface area contributed by atoms with Gasteiger partial charge in [0.1, 0.15) is 5.82 Å². The van der Waals surface area contributed by atoms with Gasteiger partial charge in [-0.25, -0.2) is 9.18 Å². The third-order valence-electron chi connectivity index (χ3n) is 2.42. The third-order valence-corrected chi connectivity index (χ3v) is 3.03. The van der Waals surface area contributed by atoms with Crippen LogP contribution in [-0.2, 0) is 4.74 Å². The monoisotopic (exact) mass is 311 g/mol. The van der Waals surface area contributed by atoms with Gasteiger partial charge in [0.15, 0.2) is 0 Å². The van der Waals surface area contributed by atoms with Crippen molar-refractivity contribution in [3.63, 3.8) is 0 Å². The highest BCUT2D eigenvalue weighted by Gasteiger charge is 2.10. The summed E-state index contributed by atoms with van der Waals surface area (Å²) in [5.41, 5.74) is 1.98. The molecule has 1 N–H and O–H groups in total.